The summed E-state index contributed by atoms with van der Waals surface area (Å²) in [6.07, 6.45) is 1.67. The second-order valence-corrected chi connectivity index (χ2v) is 11.8. The van der Waals surface area contributed by atoms with E-state index < -0.39 is 36.7 Å². The van der Waals surface area contributed by atoms with E-state index in [0.717, 1.165) is 5.69 Å². The van der Waals surface area contributed by atoms with Gasteiger partial charge in [0, 0.05) is 17.0 Å². The van der Waals surface area contributed by atoms with Crippen LogP contribution in [-0.4, -0.2) is 57.1 Å². The summed E-state index contributed by atoms with van der Waals surface area (Å²) < 4.78 is 110. The summed E-state index contributed by atoms with van der Waals surface area (Å²) >= 11 is 0. The van der Waals surface area contributed by atoms with Crippen LogP contribution in [-0.2, 0) is 34.1 Å². The third kappa shape index (κ3) is 12.4. The monoisotopic (exact) mass is 592 g/mol. The van der Waals surface area contributed by atoms with E-state index in [-0.39, 0.29) is 24.5 Å². The van der Waals surface area contributed by atoms with Crippen LogP contribution >= 0.6 is 0 Å². The van der Waals surface area contributed by atoms with Crippen molar-refractivity contribution in [3.05, 3.63) is 29.6 Å². The predicted molar refractivity (Wildman–Crippen MR) is 120 cm³/mol. The highest BCUT2D eigenvalue weighted by Gasteiger charge is 2.57. The van der Waals surface area contributed by atoms with Gasteiger partial charge in [0.05, 0.1) is 24.5 Å². The number of hydrogen-bond acceptors (Lipinski definition) is 9. The van der Waals surface area contributed by atoms with Gasteiger partial charge in [0.2, 0.25) is 0 Å². The fourth-order valence-corrected chi connectivity index (χ4v) is 3.34. The van der Waals surface area contributed by atoms with Crippen molar-refractivity contribution in [1.82, 2.24) is 10.5 Å². The zero-order valence-corrected chi connectivity index (χ0v) is 22.6. The number of aliphatic hydroxyl groups is 1. The maximum Gasteiger partial charge on any atom is 0.524 e. The van der Waals surface area contributed by atoms with E-state index in [4.69, 9.17) is 9.94 Å². The Kier molecular flexibility index (Phi) is 13.7. The van der Waals surface area contributed by atoms with E-state index >= 15 is 0 Å². The van der Waals surface area contributed by atoms with Crippen LogP contribution in [0, 0.1) is 5.41 Å². The maximum atomic E-state index is 12.1. The molecule has 1 amide bonds. The molecule has 0 fully saturated rings. The molecule has 1 aromatic heterocycles. The Morgan fingerprint density at radius 2 is 1.38 bits per heavy atom. The largest absolute Gasteiger partial charge is 0.524 e. The molecule has 218 valence electrons. The van der Waals surface area contributed by atoms with Crippen molar-refractivity contribution in [2.24, 2.45) is 5.41 Å². The summed E-state index contributed by atoms with van der Waals surface area (Å²) in [4.78, 5) is 21.6. The molecule has 0 aliphatic rings. The van der Waals surface area contributed by atoms with Crippen LogP contribution < -0.4 is 5.48 Å². The van der Waals surface area contributed by atoms with Crippen molar-refractivity contribution >= 4 is 26.1 Å². The number of hydroxylamine groups is 1. The van der Waals surface area contributed by atoms with Crippen LogP contribution in [0.1, 0.15) is 64.5 Å². The lowest BCUT2D eigenvalue weighted by atomic mass is 9.88. The normalized spacial score (nSPS) is 13.0. The molecule has 0 spiro atoms. The van der Waals surface area contributed by atoms with Crippen molar-refractivity contribution in [2.75, 3.05) is 13.2 Å². The third-order valence-electron chi connectivity index (χ3n) is 3.56. The van der Waals surface area contributed by atoms with Crippen LogP contribution in [0.25, 0.3) is 0 Å². The fourth-order valence-electron chi connectivity index (χ4n) is 1.78. The van der Waals surface area contributed by atoms with Gasteiger partial charge in [-0.1, -0.05) is 48.5 Å². The Bertz CT molecular complexity index is 1040. The van der Waals surface area contributed by atoms with Crippen LogP contribution in [0.15, 0.2) is 18.3 Å². The lowest BCUT2D eigenvalue weighted by Crippen LogP contribution is -2.34. The molecular formula is C19H30F6N2O8S2. The molecule has 2 N–H and O–H groups in total. The molecule has 0 aromatic carbocycles. The fraction of sp³-hybridized carbons (Fsp3) is 0.684. The molecule has 0 saturated carbocycles. The first kappa shape index (κ1) is 37.1. The van der Waals surface area contributed by atoms with E-state index in [2.05, 4.69) is 10.5 Å². The number of pyridine rings is 1. The first-order valence-corrected chi connectivity index (χ1v) is 13.0. The van der Waals surface area contributed by atoms with Crippen LogP contribution in [0.3, 0.4) is 0 Å². The molecule has 0 unspecified atom stereocenters. The topological polar surface area (TPSA) is 149 Å². The quantitative estimate of drug-likeness (QED) is 0.274. The number of amides is 1. The van der Waals surface area contributed by atoms with E-state index in [0.29, 0.717) is 5.56 Å². The number of nitrogens with one attached hydrogen (secondary N) is 1. The van der Waals surface area contributed by atoms with Crippen molar-refractivity contribution in [1.29, 1.82) is 0 Å². The number of carbonyl (C=O) groups excluding carboxylic acids is 1. The number of aromatic nitrogens is 1. The Hall–Kier alpha value is -2.02. The lowest BCUT2D eigenvalue weighted by molar-refractivity contribution is -0.0585. The Labute approximate surface area is 211 Å². The van der Waals surface area contributed by atoms with Gasteiger partial charge in [-0.3, -0.25) is 14.6 Å². The van der Waals surface area contributed by atoms with Gasteiger partial charge in [0.25, 0.3) is 5.91 Å². The van der Waals surface area contributed by atoms with E-state index in [1.54, 1.807) is 18.3 Å². The minimum absolute atomic E-state index is 0.0109. The third-order valence-corrected chi connectivity index (χ3v) is 6.13. The zero-order valence-electron chi connectivity index (χ0n) is 21.0. The summed E-state index contributed by atoms with van der Waals surface area (Å²) in [5.74, 6) is -0.322. The number of rotatable bonds is 7. The van der Waals surface area contributed by atoms with Gasteiger partial charge in [-0.2, -0.15) is 43.2 Å². The molecule has 10 nitrogen and oxygen atoms in total. The van der Waals surface area contributed by atoms with E-state index in [9.17, 15) is 48.0 Å². The summed E-state index contributed by atoms with van der Waals surface area (Å²) in [5, 5.41) is 9.12. The minimum Gasteiger partial charge on any atom is -0.396 e. The SMILES string of the molecule is CC.CC(C)(CO)CONC(=O)c1cccnc1C(C)(C)C.O=S(=O)(OS(=O)(=O)C(F)(F)F)C(F)(F)F. The molecule has 18 heteroatoms. The van der Waals surface area contributed by atoms with Crippen molar-refractivity contribution in [2.45, 2.75) is 64.9 Å². The number of carbonyl (C=O) groups is 1. The number of alkyl halides is 6. The van der Waals surface area contributed by atoms with E-state index in [1.165, 1.54) is 0 Å². The van der Waals surface area contributed by atoms with Gasteiger partial charge in [0.1, 0.15) is 0 Å². The average molecular weight is 593 g/mol. The smallest absolute Gasteiger partial charge is 0.396 e. The van der Waals surface area contributed by atoms with Crippen LogP contribution in [0.2, 0.25) is 0 Å². The molecule has 0 bridgehead atoms. The van der Waals surface area contributed by atoms with Gasteiger partial charge in [-0.05, 0) is 12.1 Å². The predicted octanol–water partition coefficient (Wildman–Crippen LogP) is 3.79. The number of nitrogens with zero attached hydrogens (tertiary/aromatic N) is 1. The summed E-state index contributed by atoms with van der Waals surface area (Å²) in [5.41, 5.74) is -9.50. The first-order valence-electron chi connectivity index (χ1n) is 10.2. The molecule has 1 aromatic rings. The molecule has 1 rings (SSSR count). The molecule has 0 aliphatic carbocycles. The molecule has 0 atom stereocenters. The Balaban J connectivity index is 0. The molecular weight excluding hydrogens is 562 g/mol. The number of hydrogen-bond donors (Lipinski definition) is 2. The maximum absolute atomic E-state index is 12.1. The number of aliphatic hydroxyl groups excluding tert-OH is 1. The zero-order chi connectivity index (χ0) is 30.1. The Morgan fingerprint density at radius 1 is 0.946 bits per heavy atom. The van der Waals surface area contributed by atoms with Crippen molar-refractivity contribution in [3.63, 3.8) is 0 Å². The van der Waals surface area contributed by atoms with Crippen LogP contribution in [0.5, 0.6) is 0 Å². The molecule has 0 radical (unpaired) electrons. The minimum atomic E-state index is -6.85. The van der Waals surface area contributed by atoms with Gasteiger partial charge in [0.15, 0.2) is 0 Å². The molecule has 0 aliphatic heterocycles. The second-order valence-electron chi connectivity index (χ2n) is 8.56. The summed E-state index contributed by atoms with van der Waals surface area (Å²) in [7, 11) is -13.7. The Morgan fingerprint density at radius 3 is 1.73 bits per heavy atom. The van der Waals surface area contributed by atoms with Gasteiger partial charge < -0.3 is 5.11 Å². The average Bonchev–Trinajstić information content (AvgIpc) is 2.72. The number of halogens is 6. The highest BCUT2D eigenvalue weighted by molar-refractivity contribution is 8.00. The second kappa shape index (κ2) is 13.7. The summed E-state index contributed by atoms with van der Waals surface area (Å²) in [6, 6.07) is 3.45. The van der Waals surface area contributed by atoms with Gasteiger partial charge in [-0.25, -0.2) is 5.48 Å². The van der Waals surface area contributed by atoms with E-state index in [1.807, 2.05) is 52.1 Å². The highest BCUT2D eigenvalue weighted by atomic mass is 32.3. The highest BCUT2D eigenvalue weighted by Crippen LogP contribution is 2.32. The molecule has 37 heavy (non-hydrogen) atoms. The molecule has 0 saturated heterocycles. The molecule has 1 heterocycles. The van der Waals surface area contributed by atoms with Gasteiger partial charge >= 0.3 is 31.3 Å². The van der Waals surface area contributed by atoms with Gasteiger partial charge in [-0.15, -0.1) is 3.63 Å². The van der Waals surface area contributed by atoms with Crippen molar-refractivity contribution < 1.29 is 61.5 Å². The first-order chi connectivity index (χ1) is 16.4. The summed E-state index contributed by atoms with van der Waals surface area (Å²) in [6.45, 7) is 13.9. The lowest BCUT2D eigenvalue weighted by Gasteiger charge is -2.22. The van der Waals surface area contributed by atoms with Crippen molar-refractivity contribution in [3.8, 4) is 0 Å². The standard InChI is InChI=1S/C15H24N2O3.C2F6O5S2.C2H6/c1-14(2,3)12-11(7-6-8-16-12)13(19)17-20-10-15(4,5)9-18;3-1(4,5)14(9,10)13-15(11,12)2(6,7)8;1-2/h6-8,18H,9-10H2,1-5H3,(H,17,19);;1-2H3. The van der Waals surface area contributed by atoms with Crippen LogP contribution in [0.4, 0.5) is 26.3 Å².